The monoisotopic (exact) mass is 295 g/mol. The molecule has 2 aliphatic rings. The number of hydrogen-bond donors (Lipinski definition) is 2. The van der Waals surface area contributed by atoms with Crippen LogP contribution in [0.3, 0.4) is 0 Å². The minimum Gasteiger partial charge on any atom is -0.409 e. The molecule has 1 aromatic heterocycles. The molecule has 0 radical (unpaired) electrons. The van der Waals surface area contributed by atoms with E-state index in [4.69, 9.17) is 10.9 Å². The fraction of sp³-hybridized carbons (Fsp3) is 0.769. The van der Waals surface area contributed by atoms with Crippen molar-refractivity contribution in [2.24, 2.45) is 10.9 Å². The van der Waals surface area contributed by atoms with Gasteiger partial charge in [-0.3, -0.25) is 0 Å². The zero-order valence-electron chi connectivity index (χ0n) is 11.7. The normalized spacial score (nSPS) is 21.1. The number of rotatable bonds is 7. The lowest BCUT2D eigenvalue weighted by Crippen LogP contribution is -2.18. The summed E-state index contributed by atoms with van der Waals surface area (Å²) in [7, 11) is 0. The molecule has 0 aliphatic heterocycles. The lowest BCUT2D eigenvalue weighted by Gasteiger charge is -2.14. The highest BCUT2D eigenvalue weighted by Gasteiger charge is 2.36. The number of aromatic nitrogens is 3. The molecule has 0 amide bonds. The van der Waals surface area contributed by atoms with E-state index in [1.807, 2.05) is 0 Å². The Morgan fingerprint density at radius 1 is 1.45 bits per heavy atom. The standard InChI is InChI=1S/C13H21N5OS/c1-2-10(7-11(14)17-19)20-13-16-15-12(8-3-4-8)18(13)9-5-6-9/h8-10,19H,2-7H2,1H3,(H2,14,17). The molecule has 0 saturated heterocycles. The molecule has 1 aromatic rings. The van der Waals surface area contributed by atoms with Crippen LogP contribution in [0.15, 0.2) is 10.3 Å². The lowest BCUT2D eigenvalue weighted by molar-refractivity contribution is 0.316. The molecule has 6 nitrogen and oxygen atoms in total. The topological polar surface area (TPSA) is 89.3 Å². The fourth-order valence-electron chi connectivity index (χ4n) is 2.36. The van der Waals surface area contributed by atoms with Crippen molar-refractivity contribution in [3.63, 3.8) is 0 Å². The van der Waals surface area contributed by atoms with E-state index in [-0.39, 0.29) is 11.1 Å². The summed E-state index contributed by atoms with van der Waals surface area (Å²) in [5.41, 5.74) is 5.62. The van der Waals surface area contributed by atoms with Gasteiger partial charge in [0.2, 0.25) is 0 Å². The van der Waals surface area contributed by atoms with Crippen LogP contribution in [0.4, 0.5) is 0 Å². The van der Waals surface area contributed by atoms with Gasteiger partial charge in [0.1, 0.15) is 11.7 Å². The third-order valence-corrected chi connectivity index (χ3v) is 5.16. The molecule has 2 saturated carbocycles. The minimum absolute atomic E-state index is 0.277. The molecule has 1 unspecified atom stereocenters. The summed E-state index contributed by atoms with van der Waals surface area (Å²) >= 11 is 1.71. The summed E-state index contributed by atoms with van der Waals surface area (Å²) in [5.74, 6) is 2.08. The quantitative estimate of drug-likeness (QED) is 0.265. The Labute approximate surface area is 122 Å². The van der Waals surface area contributed by atoms with Gasteiger partial charge in [-0.15, -0.1) is 10.2 Å². The second-order valence-electron chi connectivity index (χ2n) is 5.66. The van der Waals surface area contributed by atoms with Crippen LogP contribution in [0, 0.1) is 0 Å². The first-order valence-electron chi connectivity index (χ1n) is 7.30. The van der Waals surface area contributed by atoms with Crippen molar-refractivity contribution >= 4 is 17.6 Å². The Morgan fingerprint density at radius 3 is 2.75 bits per heavy atom. The van der Waals surface area contributed by atoms with Crippen LogP contribution in [0.2, 0.25) is 0 Å². The van der Waals surface area contributed by atoms with Crippen molar-refractivity contribution in [2.75, 3.05) is 0 Å². The van der Waals surface area contributed by atoms with Gasteiger partial charge < -0.3 is 15.5 Å². The lowest BCUT2D eigenvalue weighted by atomic mass is 10.2. The second kappa shape index (κ2) is 5.63. The molecule has 0 aromatic carbocycles. The average Bonchev–Trinajstić information content (AvgIpc) is 3.36. The maximum atomic E-state index is 8.70. The van der Waals surface area contributed by atoms with Crippen LogP contribution >= 0.6 is 11.8 Å². The van der Waals surface area contributed by atoms with Crippen LogP contribution in [0.1, 0.15) is 63.2 Å². The van der Waals surface area contributed by atoms with Gasteiger partial charge in [-0.1, -0.05) is 23.8 Å². The zero-order chi connectivity index (χ0) is 14.1. The van der Waals surface area contributed by atoms with Gasteiger partial charge >= 0.3 is 0 Å². The van der Waals surface area contributed by atoms with Gasteiger partial charge in [0.05, 0.1) is 0 Å². The first-order chi connectivity index (χ1) is 9.72. The van der Waals surface area contributed by atoms with Gasteiger partial charge in [0, 0.05) is 23.6 Å². The van der Waals surface area contributed by atoms with E-state index in [0.717, 1.165) is 11.6 Å². The minimum atomic E-state index is 0.277. The SMILES string of the molecule is CCC(C/C(N)=N/O)Sc1nnc(C2CC2)n1C1CC1. The van der Waals surface area contributed by atoms with Gasteiger partial charge in [0.25, 0.3) is 0 Å². The van der Waals surface area contributed by atoms with Crippen molar-refractivity contribution in [3.8, 4) is 0 Å². The average molecular weight is 295 g/mol. The molecule has 20 heavy (non-hydrogen) atoms. The molecule has 2 aliphatic carbocycles. The fourth-order valence-corrected chi connectivity index (χ4v) is 3.52. The maximum absolute atomic E-state index is 8.70. The first kappa shape index (κ1) is 13.7. The van der Waals surface area contributed by atoms with Crippen LogP contribution in [0.25, 0.3) is 0 Å². The Kier molecular flexibility index (Phi) is 3.87. The largest absolute Gasteiger partial charge is 0.409 e. The van der Waals surface area contributed by atoms with Gasteiger partial charge in [-0.25, -0.2) is 0 Å². The zero-order valence-corrected chi connectivity index (χ0v) is 12.5. The molecular formula is C13H21N5OS. The Hall–Kier alpha value is -1.24. The van der Waals surface area contributed by atoms with E-state index in [1.54, 1.807) is 11.8 Å². The van der Waals surface area contributed by atoms with Crippen LogP contribution in [-0.2, 0) is 0 Å². The molecule has 110 valence electrons. The highest BCUT2D eigenvalue weighted by Crippen LogP contribution is 2.46. The Morgan fingerprint density at radius 2 is 2.20 bits per heavy atom. The molecule has 2 fully saturated rings. The van der Waals surface area contributed by atoms with Crippen molar-refractivity contribution in [3.05, 3.63) is 5.82 Å². The summed E-state index contributed by atoms with van der Waals surface area (Å²) in [6, 6.07) is 0.601. The number of hydrogen-bond acceptors (Lipinski definition) is 5. The van der Waals surface area contributed by atoms with Crippen LogP contribution in [-0.4, -0.2) is 31.1 Å². The summed E-state index contributed by atoms with van der Waals surface area (Å²) < 4.78 is 2.34. The molecule has 0 spiro atoms. The van der Waals surface area contributed by atoms with E-state index in [9.17, 15) is 0 Å². The van der Waals surface area contributed by atoms with Crippen molar-refractivity contribution in [2.45, 2.75) is 67.8 Å². The number of nitrogens with two attached hydrogens (primary N) is 1. The van der Waals surface area contributed by atoms with E-state index in [2.05, 4.69) is 26.8 Å². The van der Waals surface area contributed by atoms with Gasteiger partial charge in [0.15, 0.2) is 5.16 Å². The maximum Gasteiger partial charge on any atom is 0.191 e. The predicted octanol–water partition coefficient (Wildman–Crippen LogP) is 2.50. The Bertz CT molecular complexity index is 507. The third kappa shape index (κ3) is 2.92. The number of nitrogens with zero attached hydrogens (tertiary/aromatic N) is 4. The molecule has 7 heteroatoms. The van der Waals surface area contributed by atoms with E-state index in [0.29, 0.717) is 18.4 Å². The van der Waals surface area contributed by atoms with Crippen LogP contribution in [0.5, 0.6) is 0 Å². The number of amidine groups is 1. The molecule has 3 rings (SSSR count). The Balaban J connectivity index is 1.75. The van der Waals surface area contributed by atoms with Gasteiger partial charge in [-0.2, -0.15) is 0 Å². The predicted molar refractivity (Wildman–Crippen MR) is 78.2 cm³/mol. The third-order valence-electron chi connectivity index (χ3n) is 3.84. The second-order valence-corrected chi connectivity index (χ2v) is 6.93. The highest BCUT2D eigenvalue weighted by molar-refractivity contribution is 7.99. The first-order valence-corrected chi connectivity index (χ1v) is 8.18. The summed E-state index contributed by atoms with van der Waals surface area (Å²) in [4.78, 5) is 0. The summed E-state index contributed by atoms with van der Waals surface area (Å²) in [5, 5.41) is 21.9. The van der Waals surface area contributed by atoms with Crippen molar-refractivity contribution in [1.82, 2.24) is 14.8 Å². The van der Waals surface area contributed by atoms with Gasteiger partial charge in [-0.05, 0) is 32.1 Å². The highest BCUT2D eigenvalue weighted by atomic mass is 32.2. The molecule has 1 heterocycles. The van der Waals surface area contributed by atoms with Crippen molar-refractivity contribution in [1.29, 1.82) is 0 Å². The number of oxime groups is 1. The molecule has 0 bridgehead atoms. The molecule has 3 N–H and O–H groups in total. The van der Waals surface area contributed by atoms with E-state index < -0.39 is 0 Å². The van der Waals surface area contributed by atoms with E-state index >= 15 is 0 Å². The summed E-state index contributed by atoms with van der Waals surface area (Å²) in [6.45, 7) is 2.11. The van der Waals surface area contributed by atoms with E-state index in [1.165, 1.54) is 31.5 Å². The molecule has 1 atom stereocenters. The van der Waals surface area contributed by atoms with Crippen LogP contribution < -0.4 is 5.73 Å². The summed E-state index contributed by atoms with van der Waals surface area (Å²) in [6.07, 6.45) is 6.50. The molecular weight excluding hydrogens is 274 g/mol. The number of thioether (sulfide) groups is 1. The smallest absolute Gasteiger partial charge is 0.191 e. The van der Waals surface area contributed by atoms with Crippen molar-refractivity contribution < 1.29 is 5.21 Å².